The average Bonchev–Trinajstić information content (AvgIpc) is 2.38. The summed E-state index contributed by atoms with van der Waals surface area (Å²) in [6.45, 7) is 0.628. The van der Waals surface area contributed by atoms with Crippen LogP contribution in [0.5, 0.6) is 0 Å². The number of anilines is 1. The molecule has 2 aromatic rings. The second kappa shape index (κ2) is 5.56. The predicted octanol–water partition coefficient (Wildman–Crippen LogP) is 3.05. The third kappa shape index (κ3) is 3.25. The molecule has 0 unspecified atom stereocenters. The maximum Gasteiger partial charge on any atom is 0.248 e. The smallest absolute Gasteiger partial charge is 0.248 e. The molecule has 0 aliphatic heterocycles. The molecule has 3 nitrogen and oxygen atoms in total. The number of benzene rings is 2. The lowest BCUT2D eigenvalue weighted by molar-refractivity contribution is 0.1000. The van der Waals surface area contributed by atoms with Crippen molar-refractivity contribution in [2.45, 2.75) is 6.54 Å². The first kappa shape index (κ1) is 12.5. The Kier molecular flexibility index (Phi) is 3.85. The van der Waals surface area contributed by atoms with Gasteiger partial charge in [0.25, 0.3) is 0 Å². The van der Waals surface area contributed by atoms with Gasteiger partial charge in [0.05, 0.1) is 0 Å². The van der Waals surface area contributed by atoms with Crippen LogP contribution >= 0.6 is 11.6 Å². The molecule has 4 heteroatoms. The van der Waals surface area contributed by atoms with Crippen LogP contribution in [-0.4, -0.2) is 5.91 Å². The summed E-state index contributed by atoms with van der Waals surface area (Å²) in [5.74, 6) is -0.414. The zero-order valence-corrected chi connectivity index (χ0v) is 10.4. The Morgan fingerprint density at radius 2 is 1.89 bits per heavy atom. The van der Waals surface area contributed by atoms with E-state index in [-0.39, 0.29) is 0 Å². The third-order valence-electron chi connectivity index (χ3n) is 2.55. The number of hydrogen-bond acceptors (Lipinski definition) is 2. The van der Waals surface area contributed by atoms with Crippen LogP contribution in [0.3, 0.4) is 0 Å². The first-order valence-corrected chi connectivity index (χ1v) is 5.91. The zero-order chi connectivity index (χ0) is 13.0. The molecule has 0 bridgehead atoms. The molecule has 2 aromatic carbocycles. The Morgan fingerprint density at radius 3 is 2.56 bits per heavy atom. The molecule has 92 valence electrons. The quantitative estimate of drug-likeness (QED) is 0.888. The van der Waals surface area contributed by atoms with E-state index in [0.29, 0.717) is 17.1 Å². The Bertz CT molecular complexity index is 552. The molecule has 0 fully saturated rings. The summed E-state index contributed by atoms with van der Waals surface area (Å²) in [6.07, 6.45) is 0. The molecule has 0 radical (unpaired) electrons. The van der Waals surface area contributed by atoms with Gasteiger partial charge >= 0.3 is 0 Å². The summed E-state index contributed by atoms with van der Waals surface area (Å²) in [6, 6.07) is 14.7. The molecule has 0 spiro atoms. The van der Waals surface area contributed by atoms with E-state index in [2.05, 4.69) is 5.32 Å². The number of primary amides is 1. The number of nitrogens with two attached hydrogens (primary N) is 1. The van der Waals surface area contributed by atoms with Crippen molar-refractivity contribution in [2.75, 3.05) is 5.32 Å². The minimum absolute atomic E-state index is 0.414. The predicted molar refractivity (Wildman–Crippen MR) is 73.7 cm³/mol. The van der Waals surface area contributed by atoms with Crippen molar-refractivity contribution < 1.29 is 4.79 Å². The molecule has 0 heterocycles. The van der Waals surface area contributed by atoms with Gasteiger partial charge in [-0.2, -0.15) is 0 Å². The lowest BCUT2D eigenvalue weighted by Crippen LogP contribution is -2.11. The SMILES string of the molecule is NC(=O)c1cccc(CNc2ccc(Cl)cc2)c1. The second-order valence-corrected chi connectivity index (χ2v) is 4.36. The van der Waals surface area contributed by atoms with Gasteiger partial charge in [-0.25, -0.2) is 0 Å². The lowest BCUT2D eigenvalue weighted by atomic mass is 10.1. The summed E-state index contributed by atoms with van der Waals surface area (Å²) < 4.78 is 0. The van der Waals surface area contributed by atoms with Crippen molar-refractivity contribution in [3.8, 4) is 0 Å². The van der Waals surface area contributed by atoms with Crippen molar-refractivity contribution in [3.63, 3.8) is 0 Å². The third-order valence-corrected chi connectivity index (χ3v) is 2.80. The molecule has 1 amide bonds. The van der Waals surface area contributed by atoms with Gasteiger partial charge in [-0.3, -0.25) is 4.79 Å². The van der Waals surface area contributed by atoms with Crippen LogP contribution in [0.25, 0.3) is 0 Å². The number of carbonyl (C=O) groups excluding carboxylic acids is 1. The summed E-state index contributed by atoms with van der Waals surface area (Å²) in [4.78, 5) is 11.1. The zero-order valence-electron chi connectivity index (χ0n) is 9.69. The topological polar surface area (TPSA) is 55.1 Å². The molecule has 2 rings (SSSR count). The van der Waals surface area contributed by atoms with Gasteiger partial charge in [-0.1, -0.05) is 23.7 Å². The van der Waals surface area contributed by atoms with Gasteiger partial charge in [0, 0.05) is 22.8 Å². The van der Waals surface area contributed by atoms with Gasteiger partial charge < -0.3 is 11.1 Å². The van der Waals surface area contributed by atoms with Crippen molar-refractivity contribution in [1.82, 2.24) is 0 Å². The van der Waals surface area contributed by atoms with E-state index >= 15 is 0 Å². The Hall–Kier alpha value is -2.00. The minimum Gasteiger partial charge on any atom is -0.381 e. The lowest BCUT2D eigenvalue weighted by Gasteiger charge is -2.07. The first-order valence-electron chi connectivity index (χ1n) is 5.53. The van der Waals surface area contributed by atoms with Crippen LogP contribution in [0.15, 0.2) is 48.5 Å². The maximum atomic E-state index is 11.1. The van der Waals surface area contributed by atoms with Crippen LogP contribution in [0.2, 0.25) is 5.02 Å². The minimum atomic E-state index is -0.414. The van der Waals surface area contributed by atoms with E-state index < -0.39 is 5.91 Å². The number of rotatable bonds is 4. The van der Waals surface area contributed by atoms with E-state index in [1.54, 1.807) is 12.1 Å². The highest BCUT2D eigenvalue weighted by atomic mass is 35.5. The summed E-state index contributed by atoms with van der Waals surface area (Å²) in [7, 11) is 0. The fraction of sp³-hybridized carbons (Fsp3) is 0.0714. The van der Waals surface area contributed by atoms with E-state index in [0.717, 1.165) is 11.3 Å². The average molecular weight is 261 g/mol. The van der Waals surface area contributed by atoms with Crippen LogP contribution in [0, 0.1) is 0 Å². The van der Waals surface area contributed by atoms with E-state index in [1.807, 2.05) is 36.4 Å². The van der Waals surface area contributed by atoms with Gasteiger partial charge in [0.2, 0.25) is 5.91 Å². The molecule has 0 aliphatic rings. The van der Waals surface area contributed by atoms with E-state index in [1.165, 1.54) is 0 Å². The molecule has 18 heavy (non-hydrogen) atoms. The number of halogens is 1. The second-order valence-electron chi connectivity index (χ2n) is 3.93. The van der Waals surface area contributed by atoms with E-state index in [4.69, 9.17) is 17.3 Å². The number of nitrogens with one attached hydrogen (secondary N) is 1. The molecule has 0 saturated heterocycles. The molecule has 0 aromatic heterocycles. The highest BCUT2D eigenvalue weighted by Gasteiger charge is 2.01. The van der Waals surface area contributed by atoms with Crippen molar-refractivity contribution in [2.24, 2.45) is 5.73 Å². The number of amides is 1. The molecule has 0 aliphatic carbocycles. The van der Waals surface area contributed by atoms with Crippen molar-refractivity contribution >= 4 is 23.2 Å². The first-order chi connectivity index (χ1) is 8.65. The Balaban J connectivity index is 2.04. The summed E-state index contributed by atoms with van der Waals surface area (Å²) in [5.41, 5.74) is 7.73. The fourth-order valence-electron chi connectivity index (χ4n) is 1.61. The number of hydrogen-bond donors (Lipinski definition) is 2. The van der Waals surface area contributed by atoms with Gasteiger partial charge in [-0.15, -0.1) is 0 Å². The standard InChI is InChI=1S/C14H13ClN2O/c15-12-4-6-13(7-5-12)17-9-10-2-1-3-11(8-10)14(16)18/h1-8,17H,9H2,(H2,16,18). The Labute approximate surface area is 111 Å². The van der Waals surface area contributed by atoms with Crippen LogP contribution in [-0.2, 0) is 6.54 Å². The van der Waals surface area contributed by atoms with Gasteiger partial charge in [0.15, 0.2) is 0 Å². The maximum absolute atomic E-state index is 11.1. The van der Waals surface area contributed by atoms with E-state index in [9.17, 15) is 4.79 Å². The molecular formula is C14H13ClN2O. The highest BCUT2D eigenvalue weighted by molar-refractivity contribution is 6.30. The number of carbonyl (C=O) groups is 1. The molecular weight excluding hydrogens is 248 g/mol. The van der Waals surface area contributed by atoms with Crippen LogP contribution < -0.4 is 11.1 Å². The van der Waals surface area contributed by atoms with Gasteiger partial charge in [-0.05, 0) is 42.0 Å². The highest BCUT2D eigenvalue weighted by Crippen LogP contribution is 2.14. The van der Waals surface area contributed by atoms with Crippen LogP contribution in [0.4, 0.5) is 5.69 Å². The van der Waals surface area contributed by atoms with Crippen molar-refractivity contribution in [1.29, 1.82) is 0 Å². The summed E-state index contributed by atoms with van der Waals surface area (Å²) >= 11 is 5.81. The normalized spacial score (nSPS) is 10.1. The molecule has 3 N–H and O–H groups in total. The largest absolute Gasteiger partial charge is 0.381 e. The van der Waals surface area contributed by atoms with Crippen molar-refractivity contribution in [3.05, 3.63) is 64.7 Å². The monoisotopic (exact) mass is 260 g/mol. The Morgan fingerprint density at radius 1 is 1.17 bits per heavy atom. The molecule has 0 atom stereocenters. The molecule has 0 saturated carbocycles. The van der Waals surface area contributed by atoms with Gasteiger partial charge in [0.1, 0.15) is 0 Å². The summed E-state index contributed by atoms with van der Waals surface area (Å²) in [5, 5.41) is 3.95. The van der Waals surface area contributed by atoms with Crippen LogP contribution in [0.1, 0.15) is 15.9 Å². The fourth-order valence-corrected chi connectivity index (χ4v) is 1.73.